The quantitative estimate of drug-likeness (QED) is 0.890. The molecule has 0 bridgehead atoms. The van der Waals surface area contributed by atoms with Gasteiger partial charge in [0.2, 0.25) is 0 Å². The third-order valence-electron chi connectivity index (χ3n) is 2.34. The smallest absolute Gasteiger partial charge is 0.337 e. The number of carboxylic acids is 1. The van der Waals surface area contributed by atoms with Gasteiger partial charge in [0.25, 0.3) is 5.91 Å². The lowest BCUT2D eigenvalue weighted by atomic mass is 10.2. The van der Waals surface area contributed by atoms with Crippen LogP contribution in [0.1, 0.15) is 26.3 Å². The van der Waals surface area contributed by atoms with E-state index in [9.17, 15) is 9.59 Å². The standard InChI is InChI=1S/C12H10N2O3S/c1-7-2-3-18-11(7)14-10(15)8-4-9(12(16)17)6-13-5-8/h2-6H,1H3,(H,14,15)(H,16,17). The average Bonchev–Trinajstić information content (AvgIpc) is 2.75. The van der Waals surface area contributed by atoms with Crippen LogP contribution in [0.25, 0.3) is 0 Å². The largest absolute Gasteiger partial charge is 0.478 e. The van der Waals surface area contributed by atoms with E-state index < -0.39 is 5.97 Å². The number of hydrogen-bond acceptors (Lipinski definition) is 4. The fourth-order valence-electron chi connectivity index (χ4n) is 1.36. The van der Waals surface area contributed by atoms with Crippen molar-refractivity contribution in [1.29, 1.82) is 0 Å². The SMILES string of the molecule is Cc1ccsc1NC(=O)c1cncc(C(=O)O)c1. The third-order valence-corrected chi connectivity index (χ3v) is 3.27. The fraction of sp³-hybridized carbons (Fsp3) is 0.0833. The predicted molar refractivity (Wildman–Crippen MR) is 68.2 cm³/mol. The fourth-order valence-corrected chi connectivity index (χ4v) is 2.17. The Morgan fingerprint density at radius 3 is 2.67 bits per heavy atom. The molecule has 0 saturated carbocycles. The first-order valence-electron chi connectivity index (χ1n) is 5.11. The zero-order valence-corrected chi connectivity index (χ0v) is 10.3. The molecule has 92 valence electrons. The lowest BCUT2D eigenvalue weighted by molar-refractivity contribution is 0.0696. The van der Waals surface area contributed by atoms with Gasteiger partial charge >= 0.3 is 5.97 Å². The highest BCUT2D eigenvalue weighted by molar-refractivity contribution is 7.14. The summed E-state index contributed by atoms with van der Waals surface area (Å²) in [6, 6.07) is 3.19. The van der Waals surface area contributed by atoms with Crippen LogP contribution < -0.4 is 5.32 Å². The number of rotatable bonds is 3. The predicted octanol–water partition coefficient (Wildman–Crippen LogP) is 2.40. The van der Waals surface area contributed by atoms with Crippen LogP contribution in [0.15, 0.2) is 29.9 Å². The van der Waals surface area contributed by atoms with Crippen molar-refractivity contribution in [3.05, 3.63) is 46.6 Å². The minimum Gasteiger partial charge on any atom is -0.478 e. The Bertz CT molecular complexity index is 607. The number of aromatic carboxylic acids is 1. The van der Waals surface area contributed by atoms with E-state index in [0.717, 1.165) is 10.6 Å². The molecule has 0 aromatic carbocycles. The summed E-state index contributed by atoms with van der Waals surface area (Å²) in [4.78, 5) is 26.4. The summed E-state index contributed by atoms with van der Waals surface area (Å²) in [7, 11) is 0. The molecular formula is C12H10N2O3S. The lowest BCUT2D eigenvalue weighted by Gasteiger charge is -2.04. The van der Waals surface area contributed by atoms with E-state index in [-0.39, 0.29) is 17.0 Å². The Morgan fingerprint density at radius 2 is 2.06 bits per heavy atom. The monoisotopic (exact) mass is 262 g/mol. The first-order valence-corrected chi connectivity index (χ1v) is 5.99. The van der Waals surface area contributed by atoms with Crippen molar-refractivity contribution in [3.8, 4) is 0 Å². The summed E-state index contributed by atoms with van der Waals surface area (Å²) >= 11 is 1.41. The van der Waals surface area contributed by atoms with E-state index in [1.165, 1.54) is 29.8 Å². The zero-order chi connectivity index (χ0) is 13.1. The van der Waals surface area contributed by atoms with Gasteiger partial charge in [-0.05, 0) is 30.0 Å². The van der Waals surface area contributed by atoms with Crippen LogP contribution in [0.2, 0.25) is 0 Å². The van der Waals surface area contributed by atoms with Crippen LogP contribution in [0.3, 0.4) is 0 Å². The zero-order valence-electron chi connectivity index (χ0n) is 9.51. The number of aryl methyl sites for hydroxylation is 1. The molecule has 2 aromatic rings. The Labute approximate surface area is 107 Å². The molecule has 0 fully saturated rings. The van der Waals surface area contributed by atoms with Crippen molar-refractivity contribution < 1.29 is 14.7 Å². The van der Waals surface area contributed by atoms with Crippen LogP contribution in [0.4, 0.5) is 5.00 Å². The highest BCUT2D eigenvalue weighted by Gasteiger charge is 2.11. The van der Waals surface area contributed by atoms with Crippen LogP contribution >= 0.6 is 11.3 Å². The molecule has 0 atom stereocenters. The number of carbonyl (C=O) groups excluding carboxylic acids is 1. The third kappa shape index (κ3) is 2.54. The molecule has 0 aliphatic heterocycles. The Balaban J connectivity index is 2.21. The number of anilines is 1. The van der Waals surface area contributed by atoms with Crippen molar-refractivity contribution in [2.45, 2.75) is 6.92 Å². The molecule has 5 nitrogen and oxygen atoms in total. The van der Waals surface area contributed by atoms with Crippen LogP contribution in [0, 0.1) is 6.92 Å². The van der Waals surface area contributed by atoms with Gasteiger partial charge in [-0.15, -0.1) is 11.3 Å². The first-order chi connectivity index (χ1) is 8.58. The molecule has 0 aliphatic carbocycles. The number of nitrogens with one attached hydrogen (secondary N) is 1. The van der Waals surface area contributed by atoms with Gasteiger partial charge in [-0.2, -0.15) is 0 Å². The molecule has 0 saturated heterocycles. The van der Waals surface area contributed by atoms with E-state index >= 15 is 0 Å². The molecule has 2 aromatic heterocycles. The van der Waals surface area contributed by atoms with E-state index in [1.54, 1.807) is 0 Å². The Morgan fingerprint density at radius 1 is 1.33 bits per heavy atom. The topological polar surface area (TPSA) is 79.3 Å². The van der Waals surface area contributed by atoms with Gasteiger partial charge in [0.1, 0.15) is 0 Å². The second-order valence-electron chi connectivity index (χ2n) is 3.65. The average molecular weight is 262 g/mol. The van der Waals surface area contributed by atoms with Gasteiger partial charge in [-0.3, -0.25) is 9.78 Å². The minimum absolute atomic E-state index is 0.00875. The number of carbonyl (C=O) groups is 2. The molecule has 0 spiro atoms. The number of hydrogen-bond donors (Lipinski definition) is 2. The lowest BCUT2D eigenvalue weighted by Crippen LogP contribution is -2.13. The highest BCUT2D eigenvalue weighted by atomic mass is 32.1. The molecule has 0 aliphatic rings. The maximum absolute atomic E-state index is 11.9. The molecule has 18 heavy (non-hydrogen) atoms. The summed E-state index contributed by atoms with van der Waals surface area (Å²) < 4.78 is 0. The van der Waals surface area contributed by atoms with Gasteiger partial charge in [0.15, 0.2) is 0 Å². The van der Waals surface area contributed by atoms with Crippen molar-refractivity contribution in [3.63, 3.8) is 0 Å². The van der Waals surface area contributed by atoms with Crippen molar-refractivity contribution in [2.75, 3.05) is 5.32 Å². The molecule has 0 unspecified atom stereocenters. The summed E-state index contributed by atoms with van der Waals surface area (Å²) in [5, 5.41) is 14.2. The summed E-state index contributed by atoms with van der Waals surface area (Å²) in [6.45, 7) is 1.89. The van der Waals surface area contributed by atoms with Crippen LogP contribution in [-0.2, 0) is 0 Å². The number of carboxylic acid groups (broad SMARTS) is 1. The molecule has 2 heterocycles. The van der Waals surface area contributed by atoms with Gasteiger partial charge in [0.05, 0.1) is 16.1 Å². The van der Waals surface area contributed by atoms with Crippen LogP contribution in [0.5, 0.6) is 0 Å². The number of pyridine rings is 1. The van der Waals surface area contributed by atoms with Gasteiger partial charge in [0, 0.05) is 12.4 Å². The molecule has 2 N–H and O–H groups in total. The summed E-state index contributed by atoms with van der Waals surface area (Å²) in [5.74, 6) is -1.47. The maximum Gasteiger partial charge on any atom is 0.337 e. The first kappa shape index (κ1) is 12.3. The molecule has 6 heteroatoms. The van der Waals surface area contributed by atoms with E-state index in [2.05, 4.69) is 10.3 Å². The van der Waals surface area contributed by atoms with Crippen LogP contribution in [-0.4, -0.2) is 22.0 Å². The second kappa shape index (κ2) is 4.97. The van der Waals surface area contributed by atoms with Crippen molar-refractivity contribution in [2.24, 2.45) is 0 Å². The second-order valence-corrected chi connectivity index (χ2v) is 4.57. The summed E-state index contributed by atoms with van der Waals surface area (Å²) in [5.41, 5.74) is 1.18. The van der Waals surface area contributed by atoms with Gasteiger partial charge < -0.3 is 10.4 Å². The molecular weight excluding hydrogens is 252 g/mol. The van der Waals surface area contributed by atoms with E-state index in [0.29, 0.717) is 0 Å². The molecule has 0 radical (unpaired) electrons. The highest BCUT2D eigenvalue weighted by Crippen LogP contribution is 2.22. The normalized spacial score (nSPS) is 10.1. The van der Waals surface area contributed by atoms with Gasteiger partial charge in [-0.25, -0.2) is 4.79 Å². The minimum atomic E-state index is -1.11. The Kier molecular flexibility index (Phi) is 3.38. The number of aromatic nitrogens is 1. The van der Waals surface area contributed by atoms with Gasteiger partial charge in [-0.1, -0.05) is 0 Å². The molecule has 2 rings (SSSR count). The summed E-state index contributed by atoms with van der Waals surface area (Å²) in [6.07, 6.45) is 2.54. The number of nitrogens with zero attached hydrogens (tertiary/aromatic N) is 1. The number of thiophene rings is 1. The Hall–Kier alpha value is -2.21. The van der Waals surface area contributed by atoms with Crippen molar-refractivity contribution >= 4 is 28.2 Å². The molecule has 1 amide bonds. The maximum atomic E-state index is 11.9. The van der Waals surface area contributed by atoms with E-state index in [1.807, 2.05) is 18.4 Å². The van der Waals surface area contributed by atoms with E-state index in [4.69, 9.17) is 5.11 Å². The number of amides is 1. The van der Waals surface area contributed by atoms with Crippen molar-refractivity contribution in [1.82, 2.24) is 4.98 Å².